The first kappa shape index (κ1) is 19.7. The maximum absolute atomic E-state index is 12.4. The van der Waals surface area contributed by atoms with Gasteiger partial charge in [0, 0.05) is 25.2 Å². The molecular formula is C18H26N4O4. The lowest BCUT2D eigenvalue weighted by atomic mass is 10.1. The van der Waals surface area contributed by atoms with Gasteiger partial charge in [-0.1, -0.05) is 6.07 Å². The second kappa shape index (κ2) is 9.17. The molecule has 1 aliphatic heterocycles. The fraction of sp³-hybridized carbons (Fsp3) is 0.556. The average molecular weight is 362 g/mol. The standard InChI is InChI=1S/C18H26N4O4/c1-4-26-18(25)22-10-8-13(9-11-22)20-17(24)15-7-5-6-14(21-15)16(23)19-12(2)3/h5-7,12-13H,4,8-11H2,1-3H3,(H,19,23)(H,20,24). The van der Waals surface area contributed by atoms with E-state index in [-0.39, 0.29) is 41.4 Å². The zero-order chi connectivity index (χ0) is 19.1. The highest BCUT2D eigenvalue weighted by atomic mass is 16.6. The van der Waals surface area contributed by atoms with E-state index < -0.39 is 0 Å². The predicted octanol–water partition coefficient (Wildman–Crippen LogP) is 1.57. The summed E-state index contributed by atoms with van der Waals surface area (Å²) >= 11 is 0. The Morgan fingerprint density at radius 3 is 2.38 bits per heavy atom. The summed E-state index contributed by atoms with van der Waals surface area (Å²) in [5.74, 6) is -0.629. The average Bonchev–Trinajstić information content (AvgIpc) is 2.62. The molecule has 0 bridgehead atoms. The van der Waals surface area contributed by atoms with E-state index in [0.29, 0.717) is 32.5 Å². The maximum atomic E-state index is 12.4. The third kappa shape index (κ3) is 5.44. The number of piperidine rings is 1. The van der Waals surface area contributed by atoms with E-state index in [2.05, 4.69) is 15.6 Å². The van der Waals surface area contributed by atoms with Crippen LogP contribution in [-0.4, -0.2) is 59.6 Å². The SMILES string of the molecule is CCOC(=O)N1CCC(NC(=O)c2cccc(C(=O)NC(C)C)n2)CC1. The Morgan fingerprint density at radius 1 is 1.19 bits per heavy atom. The molecule has 8 nitrogen and oxygen atoms in total. The van der Waals surface area contributed by atoms with Gasteiger partial charge in [-0.2, -0.15) is 0 Å². The Bertz CT molecular complexity index is 654. The van der Waals surface area contributed by atoms with Gasteiger partial charge in [0.25, 0.3) is 11.8 Å². The van der Waals surface area contributed by atoms with Crippen LogP contribution in [0.25, 0.3) is 0 Å². The predicted molar refractivity (Wildman–Crippen MR) is 95.9 cm³/mol. The minimum Gasteiger partial charge on any atom is -0.450 e. The van der Waals surface area contributed by atoms with Gasteiger partial charge in [-0.05, 0) is 45.7 Å². The van der Waals surface area contributed by atoms with Gasteiger partial charge in [0.05, 0.1) is 6.61 Å². The molecule has 1 aromatic rings. The van der Waals surface area contributed by atoms with Crippen molar-refractivity contribution in [2.45, 2.75) is 45.7 Å². The molecule has 0 atom stereocenters. The van der Waals surface area contributed by atoms with Crippen LogP contribution < -0.4 is 10.6 Å². The third-order valence-corrected chi connectivity index (χ3v) is 3.99. The van der Waals surface area contributed by atoms with Crippen molar-refractivity contribution in [2.24, 2.45) is 0 Å². The molecule has 0 saturated carbocycles. The molecule has 2 N–H and O–H groups in total. The van der Waals surface area contributed by atoms with Crippen LogP contribution in [-0.2, 0) is 4.74 Å². The molecule has 26 heavy (non-hydrogen) atoms. The Hall–Kier alpha value is -2.64. The van der Waals surface area contributed by atoms with Crippen LogP contribution in [0.5, 0.6) is 0 Å². The monoisotopic (exact) mass is 362 g/mol. The number of rotatable bonds is 5. The van der Waals surface area contributed by atoms with Crippen LogP contribution in [0.15, 0.2) is 18.2 Å². The molecule has 2 rings (SSSR count). The first-order chi connectivity index (χ1) is 12.4. The van der Waals surface area contributed by atoms with Crippen LogP contribution in [0.1, 0.15) is 54.6 Å². The number of aromatic nitrogens is 1. The summed E-state index contributed by atoms with van der Waals surface area (Å²) in [6, 6.07) is 4.75. The molecule has 1 saturated heterocycles. The molecule has 1 aliphatic rings. The molecule has 142 valence electrons. The van der Waals surface area contributed by atoms with Crippen LogP contribution >= 0.6 is 0 Å². The smallest absolute Gasteiger partial charge is 0.409 e. The number of nitrogens with one attached hydrogen (secondary N) is 2. The zero-order valence-electron chi connectivity index (χ0n) is 15.4. The van der Waals surface area contributed by atoms with Gasteiger partial charge < -0.3 is 20.3 Å². The van der Waals surface area contributed by atoms with Gasteiger partial charge in [-0.15, -0.1) is 0 Å². The summed E-state index contributed by atoms with van der Waals surface area (Å²) in [6.45, 7) is 6.91. The number of carbonyl (C=O) groups is 3. The lowest BCUT2D eigenvalue weighted by Crippen LogP contribution is -2.46. The maximum Gasteiger partial charge on any atom is 0.409 e. The van der Waals surface area contributed by atoms with Crippen molar-refractivity contribution in [3.8, 4) is 0 Å². The Kier molecular flexibility index (Phi) is 6.94. The summed E-state index contributed by atoms with van der Waals surface area (Å²) in [6.07, 6.45) is 0.985. The molecule has 2 heterocycles. The third-order valence-electron chi connectivity index (χ3n) is 3.99. The highest BCUT2D eigenvalue weighted by Crippen LogP contribution is 2.12. The Labute approximate surface area is 153 Å². The van der Waals surface area contributed by atoms with Crippen LogP contribution in [0.3, 0.4) is 0 Å². The Balaban J connectivity index is 1.90. The number of ether oxygens (including phenoxy) is 1. The number of pyridine rings is 1. The Morgan fingerprint density at radius 2 is 1.81 bits per heavy atom. The normalized spacial score (nSPS) is 14.8. The van der Waals surface area contributed by atoms with Crippen molar-refractivity contribution in [3.05, 3.63) is 29.6 Å². The van der Waals surface area contributed by atoms with Gasteiger partial charge in [0.2, 0.25) is 0 Å². The van der Waals surface area contributed by atoms with Gasteiger partial charge in [-0.3, -0.25) is 9.59 Å². The quantitative estimate of drug-likeness (QED) is 0.828. The largest absolute Gasteiger partial charge is 0.450 e. The first-order valence-electron chi connectivity index (χ1n) is 8.91. The minimum absolute atomic E-state index is 0.00799. The van der Waals surface area contributed by atoms with Crippen LogP contribution in [0.4, 0.5) is 4.79 Å². The number of hydrogen-bond donors (Lipinski definition) is 2. The second-order valence-electron chi connectivity index (χ2n) is 6.47. The van der Waals surface area contributed by atoms with E-state index in [4.69, 9.17) is 4.74 Å². The molecule has 1 aromatic heterocycles. The van der Waals surface area contributed by atoms with Crippen molar-refractivity contribution in [1.82, 2.24) is 20.5 Å². The van der Waals surface area contributed by atoms with E-state index >= 15 is 0 Å². The molecule has 1 fully saturated rings. The highest BCUT2D eigenvalue weighted by molar-refractivity contribution is 5.96. The minimum atomic E-state index is -0.321. The van der Waals surface area contributed by atoms with Crippen molar-refractivity contribution in [1.29, 1.82) is 0 Å². The van der Waals surface area contributed by atoms with Crippen LogP contribution in [0, 0.1) is 0 Å². The van der Waals surface area contributed by atoms with E-state index in [1.54, 1.807) is 30.0 Å². The van der Waals surface area contributed by atoms with E-state index in [9.17, 15) is 14.4 Å². The number of nitrogens with zero attached hydrogens (tertiary/aromatic N) is 2. The van der Waals surface area contributed by atoms with Gasteiger partial charge in [0.1, 0.15) is 11.4 Å². The van der Waals surface area contributed by atoms with Gasteiger partial charge >= 0.3 is 6.09 Å². The number of amides is 3. The summed E-state index contributed by atoms with van der Waals surface area (Å²) in [4.78, 5) is 41.9. The lowest BCUT2D eigenvalue weighted by Gasteiger charge is -2.31. The van der Waals surface area contributed by atoms with Gasteiger partial charge in [-0.25, -0.2) is 9.78 Å². The molecule has 0 spiro atoms. The molecule has 0 radical (unpaired) electrons. The highest BCUT2D eigenvalue weighted by Gasteiger charge is 2.25. The van der Waals surface area contributed by atoms with E-state index in [1.165, 1.54) is 0 Å². The first-order valence-corrected chi connectivity index (χ1v) is 8.91. The van der Waals surface area contributed by atoms with Gasteiger partial charge in [0.15, 0.2) is 0 Å². The molecule has 3 amide bonds. The fourth-order valence-electron chi connectivity index (χ4n) is 2.70. The summed E-state index contributed by atoms with van der Waals surface area (Å²) in [5, 5.41) is 5.67. The number of hydrogen-bond acceptors (Lipinski definition) is 5. The fourth-order valence-corrected chi connectivity index (χ4v) is 2.70. The molecule has 0 aliphatic carbocycles. The number of carbonyl (C=O) groups excluding carboxylic acids is 3. The van der Waals surface area contributed by atoms with Crippen LogP contribution in [0.2, 0.25) is 0 Å². The van der Waals surface area contributed by atoms with Crippen molar-refractivity contribution in [2.75, 3.05) is 19.7 Å². The molecular weight excluding hydrogens is 336 g/mol. The molecule has 0 unspecified atom stereocenters. The van der Waals surface area contributed by atoms with Crippen molar-refractivity contribution in [3.63, 3.8) is 0 Å². The topological polar surface area (TPSA) is 101 Å². The summed E-state index contributed by atoms with van der Waals surface area (Å²) in [5.41, 5.74) is 0.415. The summed E-state index contributed by atoms with van der Waals surface area (Å²) in [7, 11) is 0. The second-order valence-corrected chi connectivity index (χ2v) is 6.47. The van der Waals surface area contributed by atoms with Crippen molar-refractivity contribution < 1.29 is 19.1 Å². The molecule has 0 aromatic carbocycles. The lowest BCUT2D eigenvalue weighted by molar-refractivity contribution is 0.0856. The molecule has 8 heteroatoms. The zero-order valence-corrected chi connectivity index (χ0v) is 15.4. The summed E-state index contributed by atoms with van der Waals surface area (Å²) < 4.78 is 4.98. The number of likely N-dealkylation sites (tertiary alicyclic amines) is 1. The van der Waals surface area contributed by atoms with E-state index in [1.807, 2.05) is 13.8 Å². The van der Waals surface area contributed by atoms with Crippen molar-refractivity contribution >= 4 is 17.9 Å². The van der Waals surface area contributed by atoms with E-state index in [0.717, 1.165) is 0 Å².